The zero-order valence-corrected chi connectivity index (χ0v) is 6.35. The second-order valence-corrected chi connectivity index (χ2v) is 1.92. The second kappa shape index (κ2) is 5.42. The molecule has 1 nitrogen and oxygen atoms in total. The predicted molar refractivity (Wildman–Crippen MR) is 40.2 cm³/mol. The Hall–Kier alpha value is -0.720. The first-order valence-electron chi connectivity index (χ1n) is 3.15. The van der Waals surface area contributed by atoms with Crippen LogP contribution in [0.4, 0.5) is 0 Å². The van der Waals surface area contributed by atoms with Crippen LogP contribution in [0.2, 0.25) is 0 Å². The summed E-state index contributed by atoms with van der Waals surface area (Å²) in [5.41, 5.74) is 1.26. The Labute approximate surface area is 57.0 Å². The van der Waals surface area contributed by atoms with E-state index in [0.717, 1.165) is 0 Å². The lowest BCUT2D eigenvalue weighted by Crippen LogP contribution is -1.87. The van der Waals surface area contributed by atoms with Crippen molar-refractivity contribution >= 4 is 0 Å². The molecule has 0 amide bonds. The number of allylic oxidation sites excluding steroid dienone is 2. The predicted octanol–water partition coefficient (Wildman–Crippen LogP) is 2.50. The summed E-state index contributed by atoms with van der Waals surface area (Å²) in [5.74, 6) is 0. The highest BCUT2D eigenvalue weighted by molar-refractivity contribution is 4.95. The molecule has 0 aliphatic carbocycles. The molecule has 0 aliphatic heterocycles. The van der Waals surface area contributed by atoms with Crippen LogP contribution in [0.15, 0.2) is 24.0 Å². The molecule has 0 saturated carbocycles. The quantitative estimate of drug-likeness (QED) is 0.417. The van der Waals surface area contributed by atoms with Crippen LogP contribution in [-0.2, 0) is 4.74 Å². The topological polar surface area (TPSA) is 9.23 Å². The summed E-state index contributed by atoms with van der Waals surface area (Å²) in [4.78, 5) is 0. The SMILES string of the molecule is C/C=C/OC/C(C)=C/C. The molecule has 0 saturated heterocycles. The zero-order chi connectivity index (χ0) is 7.11. The monoisotopic (exact) mass is 126 g/mol. The van der Waals surface area contributed by atoms with E-state index in [1.165, 1.54) is 5.57 Å². The van der Waals surface area contributed by atoms with E-state index in [4.69, 9.17) is 4.74 Å². The van der Waals surface area contributed by atoms with E-state index in [-0.39, 0.29) is 0 Å². The summed E-state index contributed by atoms with van der Waals surface area (Å²) in [5, 5.41) is 0. The van der Waals surface area contributed by atoms with Gasteiger partial charge < -0.3 is 4.74 Å². The maximum atomic E-state index is 5.09. The van der Waals surface area contributed by atoms with Gasteiger partial charge in [-0.15, -0.1) is 0 Å². The first kappa shape index (κ1) is 8.28. The molecule has 0 radical (unpaired) electrons. The second-order valence-electron chi connectivity index (χ2n) is 1.92. The first-order chi connectivity index (χ1) is 4.31. The van der Waals surface area contributed by atoms with Crippen molar-refractivity contribution in [2.24, 2.45) is 0 Å². The van der Waals surface area contributed by atoms with E-state index >= 15 is 0 Å². The molecule has 0 aromatic heterocycles. The van der Waals surface area contributed by atoms with Crippen LogP contribution < -0.4 is 0 Å². The Balaban J connectivity index is 3.28. The number of hydrogen-bond donors (Lipinski definition) is 0. The zero-order valence-electron chi connectivity index (χ0n) is 6.35. The Morgan fingerprint density at radius 1 is 1.44 bits per heavy atom. The van der Waals surface area contributed by atoms with Gasteiger partial charge in [-0.3, -0.25) is 0 Å². The van der Waals surface area contributed by atoms with E-state index in [2.05, 4.69) is 0 Å². The Kier molecular flexibility index (Phi) is 4.98. The minimum atomic E-state index is 0.709. The van der Waals surface area contributed by atoms with Crippen molar-refractivity contribution < 1.29 is 4.74 Å². The fraction of sp³-hybridized carbons (Fsp3) is 0.500. The molecule has 9 heavy (non-hydrogen) atoms. The van der Waals surface area contributed by atoms with Crippen LogP contribution in [0.25, 0.3) is 0 Å². The van der Waals surface area contributed by atoms with E-state index in [1.807, 2.05) is 32.9 Å². The summed E-state index contributed by atoms with van der Waals surface area (Å²) in [6, 6.07) is 0. The maximum Gasteiger partial charge on any atom is 0.108 e. The first-order valence-corrected chi connectivity index (χ1v) is 3.15. The van der Waals surface area contributed by atoms with Gasteiger partial charge in [0.1, 0.15) is 6.61 Å². The largest absolute Gasteiger partial charge is 0.497 e. The van der Waals surface area contributed by atoms with E-state index in [1.54, 1.807) is 6.26 Å². The lowest BCUT2D eigenvalue weighted by Gasteiger charge is -1.97. The number of rotatable bonds is 3. The molecule has 0 bridgehead atoms. The van der Waals surface area contributed by atoms with Gasteiger partial charge >= 0.3 is 0 Å². The molecule has 1 heteroatoms. The highest BCUT2D eigenvalue weighted by Crippen LogP contribution is 1.91. The molecule has 0 atom stereocenters. The number of hydrogen-bond acceptors (Lipinski definition) is 1. The van der Waals surface area contributed by atoms with E-state index in [0.29, 0.717) is 6.61 Å². The third-order valence-electron chi connectivity index (χ3n) is 1.04. The van der Waals surface area contributed by atoms with Gasteiger partial charge in [0, 0.05) is 0 Å². The van der Waals surface area contributed by atoms with Gasteiger partial charge in [-0.2, -0.15) is 0 Å². The lowest BCUT2D eigenvalue weighted by atomic mass is 10.3. The third kappa shape index (κ3) is 5.15. The molecule has 52 valence electrons. The van der Waals surface area contributed by atoms with Crippen LogP contribution in [0, 0.1) is 0 Å². The van der Waals surface area contributed by atoms with Crippen molar-refractivity contribution in [1.82, 2.24) is 0 Å². The van der Waals surface area contributed by atoms with Crippen LogP contribution in [0.1, 0.15) is 20.8 Å². The van der Waals surface area contributed by atoms with Gasteiger partial charge in [0.15, 0.2) is 0 Å². The van der Waals surface area contributed by atoms with Crippen molar-refractivity contribution in [2.45, 2.75) is 20.8 Å². The summed E-state index contributed by atoms with van der Waals surface area (Å²) in [6.45, 7) is 6.70. The van der Waals surface area contributed by atoms with Crippen LogP contribution in [0.5, 0.6) is 0 Å². The van der Waals surface area contributed by atoms with Gasteiger partial charge in [-0.05, 0) is 26.3 Å². The lowest BCUT2D eigenvalue weighted by molar-refractivity contribution is 0.280. The molecule has 0 aromatic rings. The van der Waals surface area contributed by atoms with Crippen LogP contribution in [-0.4, -0.2) is 6.61 Å². The maximum absolute atomic E-state index is 5.09. The van der Waals surface area contributed by atoms with Gasteiger partial charge in [0.2, 0.25) is 0 Å². The van der Waals surface area contributed by atoms with Gasteiger partial charge in [0.25, 0.3) is 0 Å². The third-order valence-corrected chi connectivity index (χ3v) is 1.04. The normalized spacial score (nSPS) is 12.6. The van der Waals surface area contributed by atoms with Crippen molar-refractivity contribution in [3.63, 3.8) is 0 Å². The highest BCUT2D eigenvalue weighted by atomic mass is 16.5. The van der Waals surface area contributed by atoms with E-state index < -0.39 is 0 Å². The van der Waals surface area contributed by atoms with Crippen LogP contribution >= 0.6 is 0 Å². The van der Waals surface area contributed by atoms with Crippen molar-refractivity contribution in [2.75, 3.05) is 6.61 Å². The molecule has 0 aliphatic rings. The van der Waals surface area contributed by atoms with Gasteiger partial charge in [-0.1, -0.05) is 12.2 Å². The molecule has 0 aromatic carbocycles. The standard InChI is InChI=1S/C8H14O/c1-4-6-9-7-8(3)5-2/h4-6H,7H2,1-3H3/b6-4+,8-5+. The van der Waals surface area contributed by atoms with Gasteiger partial charge in [-0.25, -0.2) is 0 Å². The Bertz CT molecular complexity index is 112. The number of ether oxygens (including phenoxy) is 1. The Morgan fingerprint density at radius 2 is 2.11 bits per heavy atom. The summed E-state index contributed by atoms with van der Waals surface area (Å²) < 4.78 is 5.09. The van der Waals surface area contributed by atoms with Crippen molar-refractivity contribution in [3.8, 4) is 0 Å². The Morgan fingerprint density at radius 3 is 2.56 bits per heavy atom. The molecule has 0 rings (SSSR count). The highest BCUT2D eigenvalue weighted by Gasteiger charge is 1.81. The minimum Gasteiger partial charge on any atom is -0.497 e. The summed E-state index contributed by atoms with van der Waals surface area (Å²) >= 11 is 0. The molecular weight excluding hydrogens is 112 g/mol. The van der Waals surface area contributed by atoms with E-state index in [9.17, 15) is 0 Å². The van der Waals surface area contributed by atoms with Gasteiger partial charge in [0.05, 0.1) is 6.26 Å². The smallest absolute Gasteiger partial charge is 0.108 e. The summed E-state index contributed by atoms with van der Waals surface area (Å²) in [6.07, 6.45) is 5.62. The minimum absolute atomic E-state index is 0.709. The fourth-order valence-corrected chi connectivity index (χ4v) is 0.359. The molecule has 0 N–H and O–H groups in total. The molecular formula is C8H14O. The van der Waals surface area contributed by atoms with Crippen LogP contribution in [0.3, 0.4) is 0 Å². The molecule has 0 spiro atoms. The fourth-order valence-electron chi connectivity index (χ4n) is 0.359. The average molecular weight is 126 g/mol. The summed E-state index contributed by atoms with van der Waals surface area (Å²) in [7, 11) is 0. The average Bonchev–Trinajstić information content (AvgIpc) is 1.89. The molecule has 0 unspecified atom stereocenters. The molecule has 0 fully saturated rings. The molecule has 0 heterocycles. The van der Waals surface area contributed by atoms with Crippen molar-refractivity contribution in [1.29, 1.82) is 0 Å². The van der Waals surface area contributed by atoms with Crippen molar-refractivity contribution in [3.05, 3.63) is 24.0 Å².